The molecule has 148 valence electrons. The van der Waals surface area contributed by atoms with Crippen LogP contribution in [0.25, 0.3) is 0 Å². The summed E-state index contributed by atoms with van der Waals surface area (Å²) < 4.78 is 5.63. The molecule has 2 atom stereocenters. The zero-order valence-electron chi connectivity index (χ0n) is 16.1. The third-order valence-corrected chi connectivity index (χ3v) is 5.15. The van der Waals surface area contributed by atoms with E-state index in [4.69, 9.17) is 9.84 Å². The Bertz CT molecular complexity index is 655. The Morgan fingerprint density at radius 3 is 2.44 bits per heavy atom. The molecule has 1 fully saturated rings. The summed E-state index contributed by atoms with van der Waals surface area (Å²) in [5.74, 6) is -0.900. The fraction of sp³-hybridized carbons (Fsp3) is 0.571. The minimum atomic E-state index is -0.870. The molecule has 1 saturated heterocycles. The summed E-state index contributed by atoms with van der Waals surface area (Å²) in [6.45, 7) is 5.00. The molecule has 0 bridgehead atoms. The highest BCUT2D eigenvalue weighted by molar-refractivity contribution is 5.98. The van der Waals surface area contributed by atoms with Crippen molar-refractivity contribution in [3.05, 3.63) is 29.8 Å². The standard InChI is InChI=1S/C21H29NO5/c1-3-4-5-14-27-17-8-6-16(7-9-17)19(23)10-11-20(24)22-13-12-18(15(22)2)21(25)26/h6-9,15,18H,3-5,10-14H2,1-2H3,(H,25,26). The highest BCUT2D eigenvalue weighted by Crippen LogP contribution is 2.25. The molecule has 1 amide bonds. The monoisotopic (exact) mass is 375 g/mol. The van der Waals surface area contributed by atoms with Crippen LogP contribution in [0.15, 0.2) is 24.3 Å². The number of carboxylic acids is 1. The van der Waals surface area contributed by atoms with Crippen LogP contribution in [0.1, 0.15) is 62.7 Å². The fourth-order valence-electron chi connectivity index (χ4n) is 3.41. The normalized spacial score (nSPS) is 19.1. The van der Waals surface area contributed by atoms with E-state index in [1.807, 2.05) is 0 Å². The Labute approximate surface area is 160 Å². The molecule has 1 N–H and O–H groups in total. The van der Waals surface area contributed by atoms with E-state index >= 15 is 0 Å². The van der Waals surface area contributed by atoms with Gasteiger partial charge >= 0.3 is 5.97 Å². The van der Waals surface area contributed by atoms with Crippen LogP contribution in [-0.4, -0.2) is 46.9 Å². The van der Waals surface area contributed by atoms with Crippen molar-refractivity contribution in [2.24, 2.45) is 5.92 Å². The Kier molecular flexibility index (Phi) is 7.82. The van der Waals surface area contributed by atoms with Crippen molar-refractivity contribution in [1.29, 1.82) is 0 Å². The number of likely N-dealkylation sites (tertiary alicyclic amines) is 1. The lowest BCUT2D eigenvalue weighted by Gasteiger charge is -2.23. The topological polar surface area (TPSA) is 83.9 Å². The predicted molar refractivity (Wildman–Crippen MR) is 102 cm³/mol. The summed E-state index contributed by atoms with van der Waals surface area (Å²) in [7, 11) is 0. The molecule has 6 nitrogen and oxygen atoms in total. The summed E-state index contributed by atoms with van der Waals surface area (Å²) >= 11 is 0. The van der Waals surface area contributed by atoms with Gasteiger partial charge in [0.25, 0.3) is 0 Å². The van der Waals surface area contributed by atoms with Gasteiger partial charge in [-0.25, -0.2) is 0 Å². The van der Waals surface area contributed by atoms with Crippen molar-refractivity contribution in [2.45, 2.75) is 58.4 Å². The largest absolute Gasteiger partial charge is 0.494 e. The van der Waals surface area contributed by atoms with Gasteiger partial charge in [-0.3, -0.25) is 14.4 Å². The number of nitrogens with zero attached hydrogens (tertiary/aromatic N) is 1. The van der Waals surface area contributed by atoms with Gasteiger partial charge in [-0.05, 0) is 44.0 Å². The number of unbranched alkanes of at least 4 members (excludes halogenated alkanes) is 2. The fourth-order valence-corrected chi connectivity index (χ4v) is 3.41. The predicted octanol–water partition coefficient (Wildman–Crippen LogP) is 3.54. The SMILES string of the molecule is CCCCCOc1ccc(C(=O)CCC(=O)N2CCC(C(=O)O)C2C)cc1. The van der Waals surface area contributed by atoms with Gasteiger partial charge in [0.05, 0.1) is 12.5 Å². The molecule has 2 unspecified atom stereocenters. The molecule has 0 saturated carbocycles. The number of carboxylic acid groups (broad SMARTS) is 1. The molecule has 6 heteroatoms. The van der Waals surface area contributed by atoms with Gasteiger partial charge in [0.2, 0.25) is 5.91 Å². The van der Waals surface area contributed by atoms with E-state index < -0.39 is 11.9 Å². The van der Waals surface area contributed by atoms with E-state index in [0.717, 1.165) is 25.0 Å². The number of ketones is 1. The molecular formula is C21H29NO5. The molecule has 1 aliphatic heterocycles. The quantitative estimate of drug-likeness (QED) is 0.499. The first-order chi connectivity index (χ1) is 12.9. The maximum Gasteiger partial charge on any atom is 0.308 e. The molecule has 0 aromatic heterocycles. The summed E-state index contributed by atoms with van der Waals surface area (Å²) in [5.41, 5.74) is 0.557. The van der Waals surface area contributed by atoms with Crippen molar-refractivity contribution in [2.75, 3.05) is 13.2 Å². The highest BCUT2D eigenvalue weighted by Gasteiger charge is 2.37. The number of hydrogen-bond acceptors (Lipinski definition) is 4. The smallest absolute Gasteiger partial charge is 0.308 e. The second-order valence-corrected chi connectivity index (χ2v) is 7.06. The van der Waals surface area contributed by atoms with Crippen LogP contribution >= 0.6 is 0 Å². The Morgan fingerprint density at radius 2 is 1.85 bits per heavy atom. The van der Waals surface area contributed by atoms with E-state index in [0.29, 0.717) is 25.1 Å². The number of ether oxygens (including phenoxy) is 1. The third kappa shape index (κ3) is 5.81. The first-order valence-electron chi connectivity index (χ1n) is 9.72. The van der Waals surface area contributed by atoms with Crippen LogP contribution < -0.4 is 4.74 Å². The average molecular weight is 375 g/mol. The Hall–Kier alpha value is -2.37. The molecule has 1 aromatic rings. The Morgan fingerprint density at radius 1 is 1.15 bits per heavy atom. The second kappa shape index (κ2) is 10.1. The first-order valence-corrected chi connectivity index (χ1v) is 9.72. The van der Waals surface area contributed by atoms with Gasteiger partial charge in [-0.15, -0.1) is 0 Å². The number of rotatable bonds is 10. The molecule has 1 aromatic carbocycles. The molecule has 27 heavy (non-hydrogen) atoms. The lowest BCUT2D eigenvalue weighted by molar-refractivity contribution is -0.143. The van der Waals surface area contributed by atoms with Crippen molar-refractivity contribution < 1.29 is 24.2 Å². The molecule has 1 heterocycles. The number of benzene rings is 1. The van der Waals surface area contributed by atoms with Gasteiger partial charge in [0.1, 0.15) is 5.75 Å². The Balaban J connectivity index is 1.80. The van der Waals surface area contributed by atoms with Gasteiger partial charge in [-0.1, -0.05) is 19.8 Å². The van der Waals surface area contributed by atoms with Gasteiger partial charge in [0, 0.05) is 31.0 Å². The van der Waals surface area contributed by atoms with Crippen LogP contribution in [0.2, 0.25) is 0 Å². The van der Waals surface area contributed by atoms with Crippen molar-refractivity contribution in [1.82, 2.24) is 4.90 Å². The number of hydrogen-bond donors (Lipinski definition) is 1. The lowest BCUT2D eigenvalue weighted by Crippen LogP contribution is -2.37. The zero-order valence-corrected chi connectivity index (χ0v) is 16.1. The number of amides is 1. The molecule has 0 radical (unpaired) electrons. The first kappa shape index (κ1) is 20.9. The maximum absolute atomic E-state index is 12.3. The van der Waals surface area contributed by atoms with Crippen LogP contribution in [0.5, 0.6) is 5.75 Å². The molecule has 1 aliphatic rings. The van der Waals surface area contributed by atoms with Crippen LogP contribution in [0.3, 0.4) is 0 Å². The van der Waals surface area contributed by atoms with Gasteiger partial charge in [0.15, 0.2) is 5.78 Å². The molecule has 0 aliphatic carbocycles. The molecular weight excluding hydrogens is 346 g/mol. The van der Waals surface area contributed by atoms with E-state index in [1.54, 1.807) is 36.1 Å². The van der Waals surface area contributed by atoms with Gasteiger partial charge in [-0.2, -0.15) is 0 Å². The minimum absolute atomic E-state index is 0.0949. The number of Topliss-reactive ketones (excluding diaryl/α,β-unsaturated/α-hetero) is 1. The summed E-state index contributed by atoms with van der Waals surface area (Å²) in [6, 6.07) is 6.68. The minimum Gasteiger partial charge on any atom is -0.494 e. The van der Waals surface area contributed by atoms with Gasteiger partial charge < -0.3 is 14.7 Å². The van der Waals surface area contributed by atoms with Crippen LogP contribution in [0.4, 0.5) is 0 Å². The summed E-state index contributed by atoms with van der Waals surface area (Å²) in [4.78, 5) is 37.4. The van der Waals surface area contributed by atoms with E-state index in [1.165, 1.54) is 0 Å². The maximum atomic E-state index is 12.3. The van der Waals surface area contributed by atoms with Crippen molar-refractivity contribution in [3.8, 4) is 5.75 Å². The number of carbonyl (C=O) groups is 3. The molecule has 0 spiro atoms. The number of carbonyl (C=O) groups excluding carboxylic acids is 2. The van der Waals surface area contributed by atoms with Crippen molar-refractivity contribution >= 4 is 17.7 Å². The lowest BCUT2D eigenvalue weighted by atomic mass is 10.0. The highest BCUT2D eigenvalue weighted by atomic mass is 16.5. The van der Waals surface area contributed by atoms with Crippen LogP contribution in [0, 0.1) is 5.92 Å². The number of aliphatic carboxylic acids is 1. The van der Waals surface area contributed by atoms with E-state index in [-0.39, 0.29) is 30.6 Å². The zero-order chi connectivity index (χ0) is 19.8. The average Bonchev–Trinajstić information content (AvgIpc) is 3.05. The van der Waals surface area contributed by atoms with Crippen LogP contribution in [-0.2, 0) is 9.59 Å². The summed E-state index contributed by atoms with van der Waals surface area (Å²) in [5, 5.41) is 9.15. The second-order valence-electron chi connectivity index (χ2n) is 7.06. The third-order valence-electron chi connectivity index (χ3n) is 5.15. The van der Waals surface area contributed by atoms with E-state index in [9.17, 15) is 14.4 Å². The molecule has 2 rings (SSSR count). The van der Waals surface area contributed by atoms with E-state index in [2.05, 4.69) is 6.92 Å². The summed E-state index contributed by atoms with van der Waals surface area (Å²) in [6.07, 6.45) is 3.98. The van der Waals surface area contributed by atoms with Crippen molar-refractivity contribution in [3.63, 3.8) is 0 Å².